The van der Waals surface area contributed by atoms with E-state index in [-0.39, 0.29) is 30.6 Å². The van der Waals surface area contributed by atoms with Crippen molar-refractivity contribution < 1.29 is 9.90 Å². The van der Waals surface area contributed by atoms with E-state index in [9.17, 15) is 4.79 Å². The lowest BCUT2D eigenvalue weighted by Gasteiger charge is -2.25. The first-order chi connectivity index (χ1) is 9.45. The van der Waals surface area contributed by atoms with E-state index < -0.39 is 0 Å². The highest BCUT2D eigenvalue weighted by atomic mass is 35.5. The molecule has 0 saturated carbocycles. The van der Waals surface area contributed by atoms with Crippen LogP contribution >= 0.6 is 11.6 Å². The van der Waals surface area contributed by atoms with Crippen molar-refractivity contribution in [1.82, 2.24) is 10.6 Å². The summed E-state index contributed by atoms with van der Waals surface area (Å²) in [4.78, 5) is 12.0. The Kier molecular flexibility index (Phi) is 6.82. The first kappa shape index (κ1) is 16.8. The fraction of sp³-hybridized carbons (Fsp3) is 0.533. The lowest BCUT2D eigenvalue weighted by atomic mass is 9.96. The van der Waals surface area contributed by atoms with Crippen molar-refractivity contribution >= 4 is 17.6 Å². The molecule has 0 spiro atoms. The lowest BCUT2D eigenvalue weighted by Crippen LogP contribution is -2.43. The van der Waals surface area contributed by atoms with Crippen LogP contribution in [0.15, 0.2) is 24.3 Å². The summed E-state index contributed by atoms with van der Waals surface area (Å²) in [7, 11) is 0. The van der Waals surface area contributed by atoms with Crippen molar-refractivity contribution in [1.29, 1.82) is 0 Å². The third-order valence-electron chi connectivity index (χ3n) is 3.13. The molecule has 1 unspecified atom stereocenters. The van der Waals surface area contributed by atoms with Gasteiger partial charge in [0.25, 0.3) is 0 Å². The summed E-state index contributed by atoms with van der Waals surface area (Å²) in [6.45, 7) is 5.98. The smallest absolute Gasteiger partial charge is 0.315 e. The van der Waals surface area contributed by atoms with Crippen molar-refractivity contribution in [3.8, 4) is 0 Å². The van der Waals surface area contributed by atoms with Crippen molar-refractivity contribution in [3.05, 3.63) is 34.9 Å². The summed E-state index contributed by atoms with van der Waals surface area (Å²) in [6, 6.07) is 7.05. The second-order valence-corrected chi connectivity index (χ2v) is 5.68. The molecule has 1 rings (SSSR count). The third kappa shape index (κ3) is 5.02. The molecule has 0 aromatic heterocycles. The maximum Gasteiger partial charge on any atom is 0.315 e. The molecule has 5 heteroatoms. The molecule has 0 heterocycles. The topological polar surface area (TPSA) is 61.4 Å². The molecule has 0 aliphatic rings. The van der Waals surface area contributed by atoms with E-state index in [0.717, 1.165) is 5.56 Å². The second kappa shape index (κ2) is 8.12. The first-order valence-electron chi connectivity index (χ1n) is 6.88. The molecule has 2 atom stereocenters. The standard InChI is InChI=1S/C15H23ClN2O2/c1-10(2)14(12-6-4-5-7-13(12)16)18-15(20)17-11(3)8-9-19/h4-7,10-11,14,19H,8-9H2,1-3H3,(H2,17,18,20)/t11-,14?/m1/s1. The van der Waals surface area contributed by atoms with Crippen LogP contribution in [-0.2, 0) is 0 Å². The van der Waals surface area contributed by atoms with Gasteiger partial charge in [-0.3, -0.25) is 0 Å². The number of benzene rings is 1. The van der Waals surface area contributed by atoms with Gasteiger partial charge in [0.2, 0.25) is 0 Å². The van der Waals surface area contributed by atoms with Crippen molar-refractivity contribution in [3.63, 3.8) is 0 Å². The number of nitrogens with one attached hydrogen (secondary N) is 2. The number of aliphatic hydroxyl groups is 1. The predicted molar refractivity (Wildman–Crippen MR) is 81.9 cm³/mol. The Balaban J connectivity index is 2.74. The number of rotatable bonds is 6. The van der Waals surface area contributed by atoms with E-state index in [1.54, 1.807) is 0 Å². The van der Waals surface area contributed by atoms with E-state index in [2.05, 4.69) is 10.6 Å². The number of hydrogen-bond donors (Lipinski definition) is 3. The van der Waals surface area contributed by atoms with Gasteiger partial charge in [-0.2, -0.15) is 0 Å². The Morgan fingerprint density at radius 1 is 1.25 bits per heavy atom. The summed E-state index contributed by atoms with van der Waals surface area (Å²) >= 11 is 6.20. The highest BCUT2D eigenvalue weighted by Gasteiger charge is 2.20. The van der Waals surface area contributed by atoms with Crippen LogP contribution in [0.5, 0.6) is 0 Å². The number of halogens is 1. The molecule has 0 fully saturated rings. The molecule has 0 saturated heterocycles. The van der Waals surface area contributed by atoms with Gasteiger partial charge in [-0.15, -0.1) is 0 Å². The van der Waals surface area contributed by atoms with E-state index >= 15 is 0 Å². The van der Waals surface area contributed by atoms with Crippen LogP contribution in [0.25, 0.3) is 0 Å². The number of carbonyl (C=O) groups excluding carboxylic acids is 1. The molecular formula is C15H23ClN2O2. The maximum absolute atomic E-state index is 12.0. The van der Waals surface area contributed by atoms with E-state index in [1.807, 2.05) is 45.0 Å². The molecule has 0 aliphatic carbocycles. The highest BCUT2D eigenvalue weighted by Crippen LogP contribution is 2.27. The minimum Gasteiger partial charge on any atom is -0.396 e. The monoisotopic (exact) mass is 298 g/mol. The summed E-state index contributed by atoms with van der Waals surface area (Å²) < 4.78 is 0. The SMILES string of the molecule is CC(C)C(NC(=O)N[C@H](C)CCO)c1ccccc1Cl. The van der Waals surface area contributed by atoms with Crippen LogP contribution in [0.1, 0.15) is 38.8 Å². The van der Waals surface area contributed by atoms with Gasteiger partial charge >= 0.3 is 6.03 Å². The highest BCUT2D eigenvalue weighted by molar-refractivity contribution is 6.31. The molecular weight excluding hydrogens is 276 g/mol. The molecule has 0 aliphatic heterocycles. The average Bonchev–Trinajstić information content (AvgIpc) is 2.37. The fourth-order valence-corrected chi connectivity index (χ4v) is 2.26. The molecule has 1 aromatic carbocycles. The van der Waals surface area contributed by atoms with Crippen LogP contribution in [0.4, 0.5) is 4.79 Å². The fourth-order valence-electron chi connectivity index (χ4n) is 2.00. The zero-order valence-corrected chi connectivity index (χ0v) is 12.9. The van der Waals surface area contributed by atoms with Gasteiger partial charge in [-0.05, 0) is 30.9 Å². The normalized spacial score (nSPS) is 13.9. The summed E-state index contributed by atoms with van der Waals surface area (Å²) in [5, 5.41) is 15.2. The molecule has 1 aromatic rings. The van der Waals surface area contributed by atoms with Crippen LogP contribution in [0.3, 0.4) is 0 Å². The van der Waals surface area contributed by atoms with Crippen LogP contribution < -0.4 is 10.6 Å². The van der Waals surface area contributed by atoms with Crippen molar-refractivity contribution in [2.45, 2.75) is 39.3 Å². The summed E-state index contributed by atoms with van der Waals surface area (Å²) in [5.74, 6) is 0.216. The number of urea groups is 1. The zero-order valence-electron chi connectivity index (χ0n) is 12.2. The van der Waals surface area contributed by atoms with Gasteiger partial charge in [0.1, 0.15) is 0 Å². The van der Waals surface area contributed by atoms with E-state index in [0.29, 0.717) is 11.4 Å². The molecule has 4 nitrogen and oxygen atoms in total. The van der Waals surface area contributed by atoms with Crippen molar-refractivity contribution in [2.24, 2.45) is 5.92 Å². The van der Waals surface area contributed by atoms with Crippen LogP contribution in [0.2, 0.25) is 5.02 Å². The molecule has 2 amide bonds. The third-order valence-corrected chi connectivity index (χ3v) is 3.48. The molecule has 0 radical (unpaired) electrons. The molecule has 3 N–H and O–H groups in total. The Labute approximate surface area is 125 Å². The average molecular weight is 299 g/mol. The quantitative estimate of drug-likeness (QED) is 0.756. The Morgan fingerprint density at radius 2 is 1.90 bits per heavy atom. The predicted octanol–water partition coefficient (Wildman–Crippen LogP) is 3.11. The minimum atomic E-state index is -0.246. The molecule has 20 heavy (non-hydrogen) atoms. The minimum absolute atomic E-state index is 0.0551. The number of hydrogen-bond acceptors (Lipinski definition) is 2. The van der Waals surface area contributed by atoms with Gasteiger partial charge in [0.15, 0.2) is 0 Å². The second-order valence-electron chi connectivity index (χ2n) is 5.27. The Hall–Kier alpha value is -1.26. The zero-order chi connectivity index (χ0) is 15.1. The molecule has 112 valence electrons. The molecule has 0 bridgehead atoms. The van der Waals surface area contributed by atoms with Crippen molar-refractivity contribution in [2.75, 3.05) is 6.61 Å². The van der Waals surface area contributed by atoms with E-state index in [1.165, 1.54) is 0 Å². The Morgan fingerprint density at radius 3 is 2.45 bits per heavy atom. The maximum atomic E-state index is 12.0. The number of aliphatic hydroxyl groups excluding tert-OH is 1. The number of carbonyl (C=O) groups is 1. The Bertz CT molecular complexity index is 438. The van der Waals surface area contributed by atoms with Gasteiger partial charge in [-0.25, -0.2) is 4.79 Å². The number of amides is 2. The van der Waals surface area contributed by atoms with Gasteiger partial charge in [-0.1, -0.05) is 43.6 Å². The first-order valence-corrected chi connectivity index (χ1v) is 7.25. The summed E-state index contributed by atoms with van der Waals surface area (Å²) in [6.07, 6.45) is 0.534. The largest absolute Gasteiger partial charge is 0.396 e. The summed E-state index contributed by atoms with van der Waals surface area (Å²) in [5.41, 5.74) is 0.911. The van der Waals surface area contributed by atoms with Crippen LogP contribution in [-0.4, -0.2) is 23.8 Å². The van der Waals surface area contributed by atoms with E-state index in [4.69, 9.17) is 16.7 Å². The van der Waals surface area contributed by atoms with Gasteiger partial charge < -0.3 is 15.7 Å². The van der Waals surface area contributed by atoms with Crippen LogP contribution in [0, 0.1) is 5.92 Å². The van der Waals surface area contributed by atoms with Gasteiger partial charge in [0, 0.05) is 17.7 Å². The van der Waals surface area contributed by atoms with Gasteiger partial charge in [0.05, 0.1) is 6.04 Å². The lowest BCUT2D eigenvalue weighted by molar-refractivity contribution is 0.224.